The Morgan fingerprint density at radius 1 is 1.44 bits per heavy atom. The van der Waals surface area contributed by atoms with Crippen LogP contribution in [0.5, 0.6) is 0 Å². The number of thiophene rings is 1. The van der Waals surface area contributed by atoms with Crippen molar-refractivity contribution in [1.29, 1.82) is 0 Å². The van der Waals surface area contributed by atoms with E-state index < -0.39 is 0 Å². The van der Waals surface area contributed by atoms with Crippen molar-refractivity contribution in [3.05, 3.63) is 27.7 Å². The molecule has 0 saturated heterocycles. The van der Waals surface area contributed by atoms with Gasteiger partial charge in [0.05, 0.1) is 12.6 Å². The lowest BCUT2D eigenvalue weighted by Crippen LogP contribution is -2.23. The lowest BCUT2D eigenvalue weighted by Gasteiger charge is -2.12. The number of rotatable bonds is 6. The van der Waals surface area contributed by atoms with E-state index in [9.17, 15) is 0 Å². The molecular formula is C12H19N5S. The molecule has 2 aromatic rings. The van der Waals surface area contributed by atoms with Crippen molar-refractivity contribution < 1.29 is 0 Å². The van der Waals surface area contributed by atoms with Gasteiger partial charge in [-0.25, -0.2) is 4.68 Å². The van der Waals surface area contributed by atoms with Crippen LogP contribution in [0.2, 0.25) is 0 Å². The van der Waals surface area contributed by atoms with Gasteiger partial charge in [0.1, 0.15) is 0 Å². The Bertz CT molecular complexity index is 490. The van der Waals surface area contributed by atoms with Crippen molar-refractivity contribution in [1.82, 2.24) is 25.5 Å². The minimum atomic E-state index is 0.180. The summed E-state index contributed by atoms with van der Waals surface area (Å²) in [6, 6.07) is 0.180. The van der Waals surface area contributed by atoms with Crippen LogP contribution in [0, 0.1) is 6.92 Å². The summed E-state index contributed by atoms with van der Waals surface area (Å²) in [5, 5.41) is 19.7. The SMILES string of the molecule is CCCNC(C)c1nnnn1Cc1cscc1C. The van der Waals surface area contributed by atoms with Crippen LogP contribution in [0.3, 0.4) is 0 Å². The van der Waals surface area contributed by atoms with E-state index >= 15 is 0 Å². The maximum atomic E-state index is 4.12. The molecule has 0 saturated carbocycles. The fraction of sp³-hybridized carbons (Fsp3) is 0.583. The number of tetrazole rings is 1. The third kappa shape index (κ3) is 2.94. The molecule has 1 N–H and O–H groups in total. The first-order chi connectivity index (χ1) is 8.72. The Labute approximate surface area is 111 Å². The van der Waals surface area contributed by atoms with Crippen molar-refractivity contribution >= 4 is 11.3 Å². The summed E-state index contributed by atoms with van der Waals surface area (Å²) in [6.45, 7) is 8.09. The first-order valence-corrected chi connectivity index (χ1v) is 7.17. The first-order valence-electron chi connectivity index (χ1n) is 6.23. The Morgan fingerprint density at radius 3 is 2.94 bits per heavy atom. The Hall–Kier alpha value is -1.27. The van der Waals surface area contributed by atoms with Gasteiger partial charge in [-0.15, -0.1) is 5.10 Å². The van der Waals surface area contributed by atoms with Gasteiger partial charge in [0, 0.05) is 0 Å². The lowest BCUT2D eigenvalue weighted by atomic mass is 10.2. The fourth-order valence-corrected chi connectivity index (χ4v) is 2.64. The van der Waals surface area contributed by atoms with Crippen LogP contribution in [0.1, 0.15) is 43.3 Å². The van der Waals surface area contributed by atoms with E-state index in [-0.39, 0.29) is 6.04 Å². The maximum absolute atomic E-state index is 4.12. The fourth-order valence-electron chi connectivity index (χ4n) is 1.80. The van der Waals surface area contributed by atoms with Crippen molar-refractivity contribution in [3.63, 3.8) is 0 Å². The molecule has 18 heavy (non-hydrogen) atoms. The van der Waals surface area contributed by atoms with Gasteiger partial charge in [-0.2, -0.15) is 11.3 Å². The van der Waals surface area contributed by atoms with E-state index in [1.165, 1.54) is 11.1 Å². The van der Waals surface area contributed by atoms with E-state index in [4.69, 9.17) is 0 Å². The Balaban J connectivity index is 2.10. The zero-order valence-corrected chi connectivity index (χ0v) is 11.9. The molecule has 0 aromatic carbocycles. The van der Waals surface area contributed by atoms with Gasteiger partial charge < -0.3 is 5.32 Å². The van der Waals surface area contributed by atoms with E-state index in [2.05, 4.69) is 52.4 Å². The van der Waals surface area contributed by atoms with E-state index in [0.717, 1.165) is 25.3 Å². The van der Waals surface area contributed by atoms with Crippen molar-refractivity contribution in [2.45, 2.75) is 39.8 Å². The van der Waals surface area contributed by atoms with Crippen molar-refractivity contribution in [2.75, 3.05) is 6.54 Å². The highest BCUT2D eigenvalue weighted by molar-refractivity contribution is 7.08. The largest absolute Gasteiger partial charge is 0.307 e. The molecule has 0 radical (unpaired) electrons. The zero-order chi connectivity index (χ0) is 13.0. The highest BCUT2D eigenvalue weighted by atomic mass is 32.1. The van der Waals surface area contributed by atoms with Gasteiger partial charge in [0.2, 0.25) is 0 Å². The highest BCUT2D eigenvalue weighted by Crippen LogP contribution is 2.16. The van der Waals surface area contributed by atoms with Crippen LogP contribution >= 0.6 is 11.3 Å². The molecule has 2 rings (SSSR count). The molecule has 98 valence electrons. The Morgan fingerprint density at radius 2 is 2.28 bits per heavy atom. The predicted octanol–water partition coefficient (Wildman–Crippen LogP) is 2.15. The van der Waals surface area contributed by atoms with Crippen molar-refractivity contribution in [3.8, 4) is 0 Å². The van der Waals surface area contributed by atoms with Gasteiger partial charge in [-0.1, -0.05) is 6.92 Å². The minimum absolute atomic E-state index is 0.180. The second kappa shape index (κ2) is 6.06. The van der Waals surface area contributed by atoms with Crippen molar-refractivity contribution in [2.24, 2.45) is 0 Å². The minimum Gasteiger partial charge on any atom is -0.307 e. The molecule has 2 aromatic heterocycles. The van der Waals surface area contributed by atoms with Crippen LogP contribution in [-0.4, -0.2) is 26.8 Å². The summed E-state index contributed by atoms with van der Waals surface area (Å²) in [5.41, 5.74) is 2.59. The topological polar surface area (TPSA) is 55.6 Å². The van der Waals surface area contributed by atoms with Gasteiger partial charge in [-0.3, -0.25) is 0 Å². The second-order valence-electron chi connectivity index (χ2n) is 4.45. The number of nitrogens with zero attached hydrogens (tertiary/aromatic N) is 4. The molecule has 0 aliphatic rings. The average molecular weight is 265 g/mol. The monoisotopic (exact) mass is 265 g/mol. The Kier molecular flexibility index (Phi) is 4.43. The number of aromatic nitrogens is 4. The summed E-state index contributed by atoms with van der Waals surface area (Å²) in [7, 11) is 0. The summed E-state index contributed by atoms with van der Waals surface area (Å²) >= 11 is 1.72. The molecular weight excluding hydrogens is 246 g/mol. The molecule has 2 heterocycles. The van der Waals surface area contributed by atoms with E-state index in [0.29, 0.717) is 0 Å². The van der Waals surface area contributed by atoms with Gasteiger partial charge >= 0.3 is 0 Å². The quantitative estimate of drug-likeness (QED) is 0.869. The number of nitrogens with one attached hydrogen (secondary N) is 1. The molecule has 1 unspecified atom stereocenters. The third-order valence-corrected chi connectivity index (χ3v) is 3.84. The van der Waals surface area contributed by atoms with Crippen LogP contribution in [0.4, 0.5) is 0 Å². The van der Waals surface area contributed by atoms with Gasteiger partial charge in [0.25, 0.3) is 0 Å². The van der Waals surface area contributed by atoms with Crippen LogP contribution in [0.25, 0.3) is 0 Å². The summed E-state index contributed by atoms with van der Waals surface area (Å²) in [5.74, 6) is 0.897. The third-order valence-electron chi connectivity index (χ3n) is 2.93. The molecule has 0 spiro atoms. The molecule has 6 heteroatoms. The average Bonchev–Trinajstić information content (AvgIpc) is 2.97. The van der Waals surface area contributed by atoms with Crippen LogP contribution in [0.15, 0.2) is 10.8 Å². The van der Waals surface area contributed by atoms with Crippen LogP contribution in [-0.2, 0) is 6.54 Å². The standard InChI is InChI=1S/C12H19N5S/c1-4-5-13-10(3)12-14-15-16-17(12)6-11-8-18-7-9(11)2/h7-8,10,13H,4-6H2,1-3H3. The first kappa shape index (κ1) is 13.2. The summed E-state index contributed by atoms with van der Waals surface area (Å²) < 4.78 is 1.88. The highest BCUT2D eigenvalue weighted by Gasteiger charge is 2.14. The van der Waals surface area contributed by atoms with E-state index in [1.54, 1.807) is 11.3 Å². The molecule has 1 atom stereocenters. The van der Waals surface area contributed by atoms with Gasteiger partial charge in [-0.05, 0) is 59.1 Å². The zero-order valence-electron chi connectivity index (χ0n) is 11.1. The molecule has 0 aliphatic carbocycles. The number of hydrogen-bond donors (Lipinski definition) is 1. The normalized spacial score (nSPS) is 12.8. The summed E-state index contributed by atoms with van der Waals surface area (Å²) in [4.78, 5) is 0. The lowest BCUT2D eigenvalue weighted by molar-refractivity contribution is 0.503. The second-order valence-corrected chi connectivity index (χ2v) is 5.19. The van der Waals surface area contributed by atoms with Gasteiger partial charge in [0.15, 0.2) is 5.82 Å². The van der Waals surface area contributed by atoms with E-state index in [1.807, 2.05) is 4.68 Å². The molecule has 0 aliphatic heterocycles. The smallest absolute Gasteiger partial charge is 0.168 e. The maximum Gasteiger partial charge on any atom is 0.168 e. The molecule has 5 nitrogen and oxygen atoms in total. The molecule has 0 amide bonds. The number of hydrogen-bond acceptors (Lipinski definition) is 5. The summed E-state index contributed by atoms with van der Waals surface area (Å²) in [6.07, 6.45) is 1.11. The predicted molar refractivity (Wildman–Crippen MR) is 72.7 cm³/mol. The van der Waals surface area contributed by atoms with Crippen LogP contribution < -0.4 is 5.32 Å². The molecule has 0 bridgehead atoms. The number of aryl methyl sites for hydroxylation is 1. The molecule has 0 fully saturated rings.